The molecule has 1 aromatic heterocycles. The summed E-state index contributed by atoms with van der Waals surface area (Å²) in [7, 11) is 1.70. The maximum atomic E-state index is 11.9. The molecule has 28 heavy (non-hydrogen) atoms. The van der Waals surface area contributed by atoms with Gasteiger partial charge < -0.3 is 20.9 Å². The number of halogens is 1. The van der Waals surface area contributed by atoms with Crippen LogP contribution in [0.5, 0.6) is 0 Å². The number of amides is 1. The second-order valence-corrected chi connectivity index (χ2v) is 8.00. The Bertz CT molecular complexity index is 636. The SMILES string of the molecule is CN=C(NCC(=O)NC(C)(C)C)NCc1ccnc(N2CCCCCC2)c1.I. The number of aromatic nitrogens is 1. The second kappa shape index (κ2) is 12.1. The molecule has 2 rings (SSSR count). The fraction of sp³-hybridized carbons (Fsp3) is 0.650. The number of anilines is 1. The maximum Gasteiger partial charge on any atom is 0.239 e. The minimum Gasteiger partial charge on any atom is -0.357 e. The zero-order valence-corrected chi connectivity index (χ0v) is 19.9. The van der Waals surface area contributed by atoms with Crippen molar-refractivity contribution < 1.29 is 4.79 Å². The number of nitrogens with zero attached hydrogens (tertiary/aromatic N) is 3. The molecule has 0 unspecified atom stereocenters. The van der Waals surface area contributed by atoms with Crippen molar-refractivity contribution in [3.8, 4) is 0 Å². The van der Waals surface area contributed by atoms with Crippen LogP contribution < -0.4 is 20.9 Å². The number of aliphatic imine (C=N–C) groups is 1. The van der Waals surface area contributed by atoms with Gasteiger partial charge in [-0.05, 0) is 51.3 Å². The van der Waals surface area contributed by atoms with Gasteiger partial charge in [0.25, 0.3) is 0 Å². The van der Waals surface area contributed by atoms with Crippen LogP contribution in [-0.2, 0) is 11.3 Å². The fourth-order valence-corrected chi connectivity index (χ4v) is 3.08. The average Bonchev–Trinajstić information content (AvgIpc) is 2.90. The molecule has 0 bridgehead atoms. The Morgan fingerprint density at radius 2 is 1.86 bits per heavy atom. The van der Waals surface area contributed by atoms with E-state index in [9.17, 15) is 4.79 Å². The van der Waals surface area contributed by atoms with Crippen LogP contribution in [0.25, 0.3) is 0 Å². The van der Waals surface area contributed by atoms with Gasteiger partial charge in [-0.3, -0.25) is 9.79 Å². The highest BCUT2D eigenvalue weighted by Gasteiger charge is 2.14. The van der Waals surface area contributed by atoms with Crippen molar-refractivity contribution in [3.63, 3.8) is 0 Å². The predicted octanol–water partition coefficient (Wildman–Crippen LogP) is 2.66. The summed E-state index contributed by atoms with van der Waals surface area (Å²) in [4.78, 5) is 23.0. The third-order valence-electron chi connectivity index (χ3n) is 4.35. The van der Waals surface area contributed by atoms with Crippen molar-refractivity contribution in [2.24, 2.45) is 4.99 Å². The number of carbonyl (C=O) groups excluding carboxylic acids is 1. The summed E-state index contributed by atoms with van der Waals surface area (Å²) in [6.45, 7) is 8.86. The first-order valence-electron chi connectivity index (χ1n) is 9.83. The third kappa shape index (κ3) is 9.07. The van der Waals surface area contributed by atoms with Gasteiger partial charge in [0.15, 0.2) is 5.96 Å². The summed E-state index contributed by atoms with van der Waals surface area (Å²) in [5, 5.41) is 9.23. The molecule has 0 atom stereocenters. The normalized spacial score (nSPS) is 15.3. The molecule has 0 aromatic carbocycles. The van der Waals surface area contributed by atoms with Gasteiger partial charge in [0, 0.05) is 38.4 Å². The molecule has 158 valence electrons. The molecule has 3 N–H and O–H groups in total. The molecular formula is C20H35IN6O. The van der Waals surface area contributed by atoms with Crippen LogP contribution in [0.4, 0.5) is 5.82 Å². The third-order valence-corrected chi connectivity index (χ3v) is 4.35. The highest BCUT2D eigenvalue weighted by atomic mass is 127. The molecule has 0 radical (unpaired) electrons. The van der Waals surface area contributed by atoms with E-state index in [1.54, 1.807) is 7.05 Å². The average molecular weight is 502 g/mol. The number of hydrogen-bond donors (Lipinski definition) is 3. The first kappa shape index (κ1) is 24.5. The minimum atomic E-state index is -0.240. The number of guanidine groups is 1. The van der Waals surface area contributed by atoms with Gasteiger partial charge in [0.05, 0.1) is 6.54 Å². The Kier molecular flexibility index (Phi) is 10.6. The number of nitrogens with one attached hydrogen (secondary N) is 3. The Balaban J connectivity index is 0.00000392. The number of pyridine rings is 1. The Morgan fingerprint density at radius 3 is 2.46 bits per heavy atom. The topological polar surface area (TPSA) is 81.6 Å². The van der Waals surface area contributed by atoms with E-state index in [4.69, 9.17) is 0 Å². The zero-order chi connectivity index (χ0) is 19.7. The van der Waals surface area contributed by atoms with Crippen LogP contribution in [-0.4, -0.2) is 49.1 Å². The number of carbonyl (C=O) groups is 1. The Labute approximate surface area is 186 Å². The van der Waals surface area contributed by atoms with Gasteiger partial charge in [-0.15, -0.1) is 24.0 Å². The minimum absolute atomic E-state index is 0. The van der Waals surface area contributed by atoms with E-state index in [-0.39, 0.29) is 42.0 Å². The predicted molar refractivity (Wildman–Crippen MR) is 126 cm³/mol. The van der Waals surface area contributed by atoms with Crippen molar-refractivity contribution >= 4 is 41.7 Å². The highest BCUT2D eigenvalue weighted by Crippen LogP contribution is 2.18. The first-order valence-corrected chi connectivity index (χ1v) is 9.83. The van der Waals surface area contributed by atoms with Gasteiger partial charge in [-0.2, -0.15) is 0 Å². The number of rotatable bonds is 5. The van der Waals surface area contributed by atoms with Crippen molar-refractivity contribution in [2.45, 2.75) is 58.5 Å². The van der Waals surface area contributed by atoms with Gasteiger partial charge in [0.2, 0.25) is 5.91 Å². The van der Waals surface area contributed by atoms with E-state index >= 15 is 0 Å². The molecule has 2 heterocycles. The Morgan fingerprint density at radius 1 is 1.18 bits per heavy atom. The maximum absolute atomic E-state index is 11.9. The van der Waals surface area contributed by atoms with Gasteiger partial charge in [-0.25, -0.2) is 4.98 Å². The van der Waals surface area contributed by atoms with E-state index in [0.29, 0.717) is 12.5 Å². The van der Waals surface area contributed by atoms with E-state index in [1.165, 1.54) is 25.7 Å². The lowest BCUT2D eigenvalue weighted by Crippen LogP contribution is -2.48. The van der Waals surface area contributed by atoms with Crippen LogP contribution in [0.2, 0.25) is 0 Å². The Hall–Kier alpha value is -1.58. The van der Waals surface area contributed by atoms with Crippen LogP contribution in [0.3, 0.4) is 0 Å². The molecule has 7 nitrogen and oxygen atoms in total. The molecule has 8 heteroatoms. The summed E-state index contributed by atoms with van der Waals surface area (Å²) in [5.74, 6) is 1.59. The largest absolute Gasteiger partial charge is 0.357 e. The van der Waals surface area contributed by atoms with Gasteiger partial charge in [0.1, 0.15) is 5.82 Å². The van der Waals surface area contributed by atoms with Crippen molar-refractivity contribution in [2.75, 3.05) is 31.6 Å². The second-order valence-electron chi connectivity index (χ2n) is 8.00. The zero-order valence-electron chi connectivity index (χ0n) is 17.5. The molecule has 0 spiro atoms. The lowest BCUT2D eigenvalue weighted by molar-refractivity contribution is -0.121. The van der Waals surface area contributed by atoms with Crippen molar-refractivity contribution in [3.05, 3.63) is 23.9 Å². The summed E-state index contributed by atoms with van der Waals surface area (Å²) in [6, 6.07) is 4.14. The van der Waals surface area contributed by atoms with E-state index in [0.717, 1.165) is 24.5 Å². The molecule has 0 saturated carbocycles. The van der Waals surface area contributed by atoms with E-state index in [2.05, 4.69) is 36.9 Å². The molecule has 0 aliphatic carbocycles. The number of hydrogen-bond acceptors (Lipinski definition) is 4. The van der Waals surface area contributed by atoms with Crippen LogP contribution >= 0.6 is 24.0 Å². The van der Waals surface area contributed by atoms with E-state index < -0.39 is 0 Å². The molecule has 1 fully saturated rings. The fourth-order valence-electron chi connectivity index (χ4n) is 3.08. The molecule has 1 aliphatic rings. The summed E-state index contributed by atoms with van der Waals surface area (Å²) in [5.41, 5.74) is 0.905. The standard InChI is InChI=1S/C20H34N6O.HI/c1-20(2,3)25-18(27)15-24-19(21-4)23-14-16-9-10-22-17(13-16)26-11-7-5-6-8-12-26;/h9-10,13H,5-8,11-12,14-15H2,1-4H3,(H,25,27)(H2,21,23,24);1H. The molecule has 1 amide bonds. The van der Waals surface area contributed by atoms with Crippen LogP contribution in [0, 0.1) is 0 Å². The lowest BCUT2D eigenvalue weighted by Gasteiger charge is -2.22. The van der Waals surface area contributed by atoms with E-state index in [1.807, 2.05) is 33.0 Å². The summed E-state index contributed by atoms with van der Waals surface area (Å²) >= 11 is 0. The van der Waals surface area contributed by atoms with Gasteiger partial charge in [-0.1, -0.05) is 12.8 Å². The quantitative estimate of drug-likeness (QED) is 0.328. The smallest absolute Gasteiger partial charge is 0.239 e. The monoisotopic (exact) mass is 502 g/mol. The summed E-state index contributed by atoms with van der Waals surface area (Å²) in [6.07, 6.45) is 6.95. The van der Waals surface area contributed by atoms with Crippen LogP contribution in [0.1, 0.15) is 52.0 Å². The molecule has 1 aliphatic heterocycles. The molecule has 1 aromatic rings. The lowest BCUT2D eigenvalue weighted by atomic mass is 10.1. The molecule has 1 saturated heterocycles. The van der Waals surface area contributed by atoms with Crippen molar-refractivity contribution in [1.29, 1.82) is 0 Å². The van der Waals surface area contributed by atoms with Crippen molar-refractivity contribution in [1.82, 2.24) is 20.9 Å². The first-order chi connectivity index (χ1) is 12.9. The van der Waals surface area contributed by atoms with Gasteiger partial charge >= 0.3 is 0 Å². The summed E-state index contributed by atoms with van der Waals surface area (Å²) < 4.78 is 0. The van der Waals surface area contributed by atoms with Crippen LogP contribution in [0.15, 0.2) is 23.3 Å². The molecular weight excluding hydrogens is 467 g/mol. The highest BCUT2D eigenvalue weighted by molar-refractivity contribution is 14.0.